The summed E-state index contributed by atoms with van der Waals surface area (Å²) in [5.74, 6) is -0.951. The van der Waals surface area contributed by atoms with Crippen molar-refractivity contribution in [2.24, 2.45) is 0 Å². The number of fused-ring (bicyclic) bond motifs is 2. The van der Waals surface area contributed by atoms with E-state index in [9.17, 15) is 14.2 Å². The van der Waals surface area contributed by atoms with Crippen LogP contribution in [0.3, 0.4) is 0 Å². The van der Waals surface area contributed by atoms with Gasteiger partial charge in [-0.05, 0) is 31.5 Å². The van der Waals surface area contributed by atoms with Crippen molar-refractivity contribution in [3.8, 4) is 0 Å². The third-order valence-corrected chi connectivity index (χ3v) is 7.99. The zero-order chi connectivity index (χ0) is 29.5. The molecule has 13 nitrogen and oxygen atoms in total. The van der Waals surface area contributed by atoms with E-state index in [2.05, 4.69) is 15.0 Å². The summed E-state index contributed by atoms with van der Waals surface area (Å²) < 4.78 is 36.7. The second-order valence-electron chi connectivity index (χ2n) is 9.09. The number of rotatable bonds is 15. The van der Waals surface area contributed by atoms with Gasteiger partial charge in [-0.3, -0.25) is 14.2 Å². The topological polar surface area (TPSA) is 144 Å². The van der Waals surface area contributed by atoms with Crippen LogP contribution in [-0.4, -0.2) is 70.4 Å². The highest BCUT2D eigenvalue weighted by Gasteiger charge is 2.38. The van der Waals surface area contributed by atoms with Crippen molar-refractivity contribution in [1.29, 1.82) is 0 Å². The van der Waals surface area contributed by atoms with Gasteiger partial charge in [-0.25, -0.2) is 19.9 Å². The maximum Gasteiger partial charge on any atom is 0.356 e. The number of anilines is 1. The Kier molecular flexibility index (Phi) is 9.35. The van der Waals surface area contributed by atoms with E-state index in [1.807, 2.05) is 30.3 Å². The lowest BCUT2D eigenvalue weighted by Crippen LogP contribution is -2.31. The first kappa shape index (κ1) is 29.5. The van der Waals surface area contributed by atoms with Gasteiger partial charge in [-0.1, -0.05) is 42.5 Å². The molecule has 14 heteroatoms. The molecular formula is C28H30N5O8P. The van der Waals surface area contributed by atoms with Gasteiger partial charge in [0.25, 0.3) is 11.8 Å². The molecule has 0 bridgehead atoms. The fraction of sp³-hybridized carbons (Fsp3) is 0.321. The summed E-state index contributed by atoms with van der Waals surface area (Å²) in [6.45, 7) is 4.22. The highest BCUT2D eigenvalue weighted by Crippen LogP contribution is 2.48. The Morgan fingerprint density at radius 2 is 1.52 bits per heavy atom. The van der Waals surface area contributed by atoms with Crippen LogP contribution in [0.4, 0.5) is 5.82 Å². The molecule has 5 rings (SSSR count). The molecule has 0 radical (unpaired) electrons. The van der Waals surface area contributed by atoms with E-state index < -0.39 is 25.5 Å². The van der Waals surface area contributed by atoms with Crippen molar-refractivity contribution < 1.29 is 37.5 Å². The van der Waals surface area contributed by atoms with E-state index in [-0.39, 0.29) is 60.9 Å². The number of imide groups is 1. The Hall–Kier alpha value is -4.00. The molecule has 2 aromatic heterocycles. The smallest absolute Gasteiger partial charge is 0.356 e. The first-order valence-corrected chi connectivity index (χ1v) is 15.1. The molecule has 1 aliphatic heterocycles. The van der Waals surface area contributed by atoms with Crippen LogP contribution in [0, 0.1) is 0 Å². The van der Waals surface area contributed by atoms with Gasteiger partial charge in [-0.15, -0.1) is 0 Å². The molecule has 2 aromatic carbocycles. The summed E-state index contributed by atoms with van der Waals surface area (Å²) >= 11 is 0. The number of benzene rings is 2. The SMILES string of the molecule is CCOP(=O)(CO[C@@H](COCc1ccccc1)COn1cnc2c(N3C(=O)c4ccccc4C3=O)ncnc21)OCC. The molecule has 0 spiro atoms. The Morgan fingerprint density at radius 1 is 0.857 bits per heavy atom. The summed E-state index contributed by atoms with van der Waals surface area (Å²) in [4.78, 5) is 45.7. The number of amides is 2. The fourth-order valence-electron chi connectivity index (χ4n) is 4.33. The molecule has 0 unspecified atom stereocenters. The lowest BCUT2D eigenvalue weighted by Gasteiger charge is -2.22. The minimum atomic E-state index is -3.48. The lowest BCUT2D eigenvalue weighted by atomic mass is 10.1. The molecule has 220 valence electrons. The Balaban J connectivity index is 1.32. The van der Waals surface area contributed by atoms with Gasteiger partial charge in [0.05, 0.1) is 37.6 Å². The maximum atomic E-state index is 13.0. The summed E-state index contributed by atoms with van der Waals surface area (Å²) in [5, 5.41) is 0. The van der Waals surface area contributed by atoms with E-state index in [1.165, 1.54) is 17.4 Å². The second-order valence-corrected chi connectivity index (χ2v) is 11.1. The number of nitrogens with zero attached hydrogens (tertiary/aromatic N) is 5. The van der Waals surface area contributed by atoms with Crippen LogP contribution in [0.2, 0.25) is 0 Å². The molecule has 0 fully saturated rings. The molecule has 1 atom stereocenters. The predicted molar refractivity (Wildman–Crippen MR) is 151 cm³/mol. The fourth-order valence-corrected chi connectivity index (χ4v) is 5.74. The van der Waals surface area contributed by atoms with Crippen LogP contribution < -0.4 is 9.74 Å². The van der Waals surface area contributed by atoms with Crippen LogP contribution >= 0.6 is 7.60 Å². The zero-order valence-corrected chi connectivity index (χ0v) is 24.0. The summed E-state index contributed by atoms with van der Waals surface area (Å²) in [7, 11) is -3.48. The van der Waals surface area contributed by atoms with E-state index in [1.54, 1.807) is 38.1 Å². The number of hydrogen-bond donors (Lipinski definition) is 0. The average molecular weight is 596 g/mol. The van der Waals surface area contributed by atoms with E-state index >= 15 is 0 Å². The van der Waals surface area contributed by atoms with Crippen LogP contribution in [0.1, 0.15) is 40.1 Å². The Labute approximate surface area is 241 Å². The third kappa shape index (κ3) is 6.40. The highest BCUT2D eigenvalue weighted by atomic mass is 31.2. The van der Waals surface area contributed by atoms with Crippen molar-refractivity contribution in [2.45, 2.75) is 26.6 Å². The highest BCUT2D eigenvalue weighted by molar-refractivity contribution is 7.53. The zero-order valence-electron chi connectivity index (χ0n) is 23.1. The first-order valence-electron chi connectivity index (χ1n) is 13.3. The molecule has 4 aromatic rings. The normalized spacial score (nSPS) is 14.0. The number of aromatic nitrogens is 4. The van der Waals surface area contributed by atoms with Gasteiger partial charge < -0.3 is 23.4 Å². The van der Waals surface area contributed by atoms with Crippen molar-refractivity contribution >= 4 is 36.4 Å². The summed E-state index contributed by atoms with van der Waals surface area (Å²) in [6.07, 6.45) is 1.60. The monoisotopic (exact) mass is 595 g/mol. The first-order chi connectivity index (χ1) is 20.4. The van der Waals surface area contributed by atoms with Crippen LogP contribution in [-0.2, 0) is 29.7 Å². The third-order valence-electron chi connectivity index (χ3n) is 6.22. The van der Waals surface area contributed by atoms with E-state index in [0.29, 0.717) is 6.61 Å². The van der Waals surface area contributed by atoms with Gasteiger partial charge in [-0.2, -0.15) is 4.73 Å². The Bertz CT molecular complexity index is 1550. The number of hydrogen-bond acceptors (Lipinski definition) is 11. The largest absolute Gasteiger partial charge is 0.408 e. The quantitative estimate of drug-likeness (QED) is 0.146. The molecule has 0 N–H and O–H groups in total. The van der Waals surface area contributed by atoms with Crippen molar-refractivity contribution in [3.05, 3.63) is 83.9 Å². The predicted octanol–water partition coefficient (Wildman–Crippen LogP) is 3.88. The van der Waals surface area contributed by atoms with Gasteiger partial charge in [0.15, 0.2) is 11.3 Å². The Morgan fingerprint density at radius 3 is 2.19 bits per heavy atom. The van der Waals surface area contributed by atoms with Crippen LogP contribution in [0.5, 0.6) is 0 Å². The number of carbonyl (C=O) groups excluding carboxylic acids is 2. The minimum Gasteiger partial charge on any atom is -0.408 e. The second kappa shape index (κ2) is 13.3. The molecule has 3 heterocycles. The summed E-state index contributed by atoms with van der Waals surface area (Å²) in [6, 6.07) is 16.2. The molecule has 0 saturated carbocycles. The van der Waals surface area contributed by atoms with Crippen LogP contribution in [0.25, 0.3) is 11.2 Å². The molecule has 2 amide bonds. The van der Waals surface area contributed by atoms with Gasteiger partial charge >= 0.3 is 7.60 Å². The average Bonchev–Trinajstić information content (AvgIpc) is 3.53. The van der Waals surface area contributed by atoms with Crippen molar-refractivity contribution in [1.82, 2.24) is 19.7 Å². The van der Waals surface area contributed by atoms with Crippen molar-refractivity contribution in [2.75, 3.05) is 37.7 Å². The maximum absolute atomic E-state index is 13.0. The van der Waals surface area contributed by atoms with Crippen LogP contribution in [0.15, 0.2) is 67.3 Å². The summed E-state index contributed by atoms with van der Waals surface area (Å²) in [5.41, 5.74) is 1.98. The lowest BCUT2D eigenvalue weighted by molar-refractivity contribution is -0.0561. The molecule has 42 heavy (non-hydrogen) atoms. The molecule has 1 aliphatic rings. The van der Waals surface area contributed by atoms with E-state index in [0.717, 1.165) is 10.5 Å². The molecular weight excluding hydrogens is 565 g/mol. The number of imidazole rings is 1. The molecule has 0 aliphatic carbocycles. The number of carbonyl (C=O) groups is 2. The van der Waals surface area contributed by atoms with E-state index in [4.69, 9.17) is 23.4 Å². The molecule has 0 saturated heterocycles. The van der Waals surface area contributed by atoms with Crippen molar-refractivity contribution in [3.63, 3.8) is 0 Å². The standard InChI is InChI=1S/C28H30N5O8P/c1-3-40-42(36,41-4-2)19-38-21(15-37-14-20-10-6-5-7-11-20)16-39-32-18-31-24-25(32)29-17-30-26(24)33-27(34)22-12-8-9-13-23(22)28(33)35/h5-13,17-18,21H,3-4,14-16,19H2,1-2H3/t21-/m0/s1. The number of ether oxygens (including phenoxy) is 2. The van der Waals surface area contributed by atoms with Gasteiger partial charge in [0, 0.05) is 0 Å². The van der Waals surface area contributed by atoms with Gasteiger partial charge in [0.2, 0.25) is 5.65 Å². The van der Waals surface area contributed by atoms with Gasteiger partial charge in [0.1, 0.15) is 31.7 Å². The minimum absolute atomic E-state index is 0.0434.